The molecule has 2 aromatic heterocycles. The summed E-state index contributed by atoms with van der Waals surface area (Å²) in [7, 11) is 3.23. The molecule has 31 heavy (non-hydrogen) atoms. The average molecular weight is 425 g/mol. The molecule has 2 aliphatic heterocycles. The number of carbonyl (C=O) groups excluding carboxylic acids is 1. The van der Waals surface area contributed by atoms with Crippen LogP contribution in [-0.2, 0) is 25.4 Å². The number of hydrogen-bond donors (Lipinski definition) is 0. The van der Waals surface area contributed by atoms with Crippen molar-refractivity contribution in [3.05, 3.63) is 50.9 Å². The Balaban J connectivity index is 1.46. The monoisotopic (exact) mass is 425 g/mol. The van der Waals surface area contributed by atoms with E-state index in [-0.39, 0.29) is 18.5 Å². The van der Waals surface area contributed by atoms with Crippen LogP contribution < -0.4 is 20.7 Å². The van der Waals surface area contributed by atoms with Crippen LogP contribution in [0.4, 0.5) is 0 Å². The van der Waals surface area contributed by atoms with Crippen molar-refractivity contribution in [2.45, 2.75) is 25.4 Å². The first-order chi connectivity index (χ1) is 15.0. The molecule has 0 bridgehead atoms. The van der Waals surface area contributed by atoms with Crippen LogP contribution in [0.2, 0.25) is 0 Å². The van der Waals surface area contributed by atoms with Gasteiger partial charge in [-0.15, -0.1) is 0 Å². The van der Waals surface area contributed by atoms with E-state index >= 15 is 0 Å². The second kappa shape index (κ2) is 7.29. The molecular formula is C21H23N5O5. The van der Waals surface area contributed by atoms with Crippen LogP contribution in [0, 0.1) is 0 Å². The molecule has 0 saturated carbocycles. The number of benzene rings is 1. The smallest absolute Gasteiger partial charge is 0.332 e. The molecule has 5 rings (SSSR count). The molecule has 0 radical (unpaired) electrons. The molecule has 1 amide bonds. The Morgan fingerprint density at radius 1 is 1.16 bits per heavy atom. The predicted octanol–water partition coefficient (Wildman–Crippen LogP) is 0.569. The summed E-state index contributed by atoms with van der Waals surface area (Å²) in [6, 6.07) is 5.58. The van der Waals surface area contributed by atoms with Crippen LogP contribution in [0.15, 0.2) is 34.1 Å². The Hall–Kier alpha value is -3.56. The van der Waals surface area contributed by atoms with Crippen molar-refractivity contribution in [3.8, 4) is 11.5 Å². The number of aryl methyl sites for hydroxylation is 2. The Kier molecular flexibility index (Phi) is 4.57. The van der Waals surface area contributed by atoms with Gasteiger partial charge in [0.05, 0.1) is 12.4 Å². The zero-order valence-electron chi connectivity index (χ0n) is 17.4. The van der Waals surface area contributed by atoms with Crippen molar-refractivity contribution >= 4 is 17.1 Å². The normalized spacial score (nSPS) is 18.0. The maximum absolute atomic E-state index is 13.2. The van der Waals surface area contributed by atoms with Crippen molar-refractivity contribution in [3.63, 3.8) is 0 Å². The zero-order chi connectivity index (χ0) is 21.7. The van der Waals surface area contributed by atoms with E-state index in [0.29, 0.717) is 42.4 Å². The van der Waals surface area contributed by atoms with Crippen LogP contribution in [0.3, 0.4) is 0 Å². The lowest BCUT2D eigenvalue weighted by molar-refractivity contribution is -0.132. The predicted molar refractivity (Wildman–Crippen MR) is 111 cm³/mol. The van der Waals surface area contributed by atoms with E-state index in [0.717, 1.165) is 23.0 Å². The number of amides is 1. The molecule has 1 fully saturated rings. The van der Waals surface area contributed by atoms with Gasteiger partial charge in [-0.1, -0.05) is 6.07 Å². The lowest BCUT2D eigenvalue weighted by atomic mass is 10.0. The number of likely N-dealkylation sites (tertiary alicyclic amines) is 1. The third-order valence-corrected chi connectivity index (χ3v) is 6.02. The molecule has 162 valence electrons. The summed E-state index contributed by atoms with van der Waals surface area (Å²) in [5.41, 5.74) is 0.481. The molecule has 1 unspecified atom stereocenters. The summed E-state index contributed by atoms with van der Waals surface area (Å²) >= 11 is 0. The second-order valence-corrected chi connectivity index (χ2v) is 7.91. The SMILES string of the molecule is Cn1cnc2c1c(=O)n(CC(=O)N1CCCC1c1ccc3c(c1)OCCO3)c(=O)n2C. The molecule has 0 N–H and O–H groups in total. The first-order valence-electron chi connectivity index (χ1n) is 10.3. The molecule has 10 heteroatoms. The van der Waals surface area contributed by atoms with Gasteiger partial charge >= 0.3 is 5.69 Å². The topological polar surface area (TPSA) is 101 Å². The van der Waals surface area contributed by atoms with Crippen molar-refractivity contribution in [2.75, 3.05) is 19.8 Å². The molecule has 0 spiro atoms. The second-order valence-electron chi connectivity index (χ2n) is 7.91. The lowest BCUT2D eigenvalue weighted by Gasteiger charge is -2.27. The Labute approximate surface area is 177 Å². The maximum Gasteiger partial charge on any atom is 0.332 e. The molecule has 1 aromatic carbocycles. The van der Waals surface area contributed by atoms with Crippen LogP contribution in [0.25, 0.3) is 11.2 Å². The number of nitrogens with zero attached hydrogens (tertiary/aromatic N) is 5. The van der Waals surface area contributed by atoms with Gasteiger partial charge < -0.3 is 18.9 Å². The summed E-state index contributed by atoms with van der Waals surface area (Å²) in [5, 5.41) is 0. The van der Waals surface area contributed by atoms with Gasteiger partial charge in [-0.3, -0.25) is 14.2 Å². The summed E-state index contributed by atoms with van der Waals surface area (Å²) in [6.07, 6.45) is 3.13. The number of fused-ring (bicyclic) bond motifs is 2. The fourth-order valence-electron chi connectivity index (χ4n) is 4.44. The van der Waals surface area contributed by atoms with Gasteiger partial charge in [0.15, 0.2) is 22.7 Å². The van der Waals surface area contributed by atoms with E-state index in [1.165, 1.54) is 10.9 Å². The zero-order valence-corrected chi connectivity index (χ0v) is 17.4. The van der Waals surface area contributed by atoms with E-state index in [4.69, 9.17) is 9.47 Å². The molecule has 2 aliphatic rings. The number of aromatic nitrogens is 4. The van der Waals surface area contributed by atoms with Crippen molar-refractivity contribution < 1.29 is 14.3 Å². The molecule has 4 heterocycles. The summed E-state index contributed by atoms with van der Waals surface area (Å²) in [6.45, 7) is 1.27. The third kappa shape index (κ3) is 3.09. The minimum atomic E-state index is -0.556. The minimum Gasteiger partial charge on any atom is -0.486 e. The van der Waals surface area contributed by atoms with E-state index in [1.807, 2.05) is 18.2 Å². The molecule has 3 aromatic rings. The highest BCUT2D eigenvalue weighted by Crippen LogP contribution is 2.38. The standard InChI is InChI=1S/C21H23N5O5/c1-23-12-22-19-18(23)20(28)26(21(29)24(19)2)11-17(27)25-7-3-4-14(25)13-5-6-15-16(10-13)31-9-8-30-15/h5-6,10,12,14H,3-4,7-9,11H2,1-2H3. The van der Waals surface area contributed by atoms with Crippen molar-refractivity contribution in [1.29, 1.82) is 0 Å². The largest absolute Gasteiger partial charge is 0.486 e. The number of rotatable bonds is 3. The molecule has 0 aliphatic carbocycles. The van der Waals surface area contributed by atoms with Gasteiger partial charge in [0.2, 0.25) is 5.91 Å². The highest BCUT2D eigenvalue weighted by Gasteiger charge is 2.31. The quantitative estimate of drug-likeness (QED) is 0.608. The third-order valence-electron chi connectivity index (χ3n) is 6.02. The summed E-state index contributed by atoms with van der Waals surface area (Å²) in [5.74, 6) is 1.11. The average Bonchev–Trinajstić information content (AvgIpc) is 3.42. The van der Waals surface area contributed by atoms with E-state index in [9.17, 15) is 14.4 Å². The molecule has 1 atom stereocenters. The summed E-state index contributed by atoms with van der Waals surface area (Å²) < 4.78 is 15.1. The Bertz CT molecular complexity index is 1300. The fraction of sp³-hybridized carbons (Fsp3) is 0.429. The molecular weight excluding hydrogens is 402 g/mol. The van der Waals surface area contributed by atoms with Gasteiger partial charge in [0.1, 0.15) is 19.8 Å². The van der Waals surface area contributed by atoms with Gasteiger partial charge in [-0.2, -0.15) is 0 Å². The van der Waals surface area contributed by atoms with Gasteiger partial charge in [0.25, 0.3) is 5.56 Å². The Morgan fingerprint density at radius 2 is 1.94 bits per heavy atom. The number of carbonyl (C=O) groups is 1. The van der Waals surface area contributed by atoms with E-state index in [1.54, 1.807) is 23.6 Å². The lowest BCUT2D eigenvalue weighted by Crippen LogP contribution is -2.44. The first kappa shape index (κ1) is 19.4. The van der Waals surface area contributed by atoms with Crippen LogP contribution in [0.5, 0.6) is 11.5 Å². The van der Waals surface area contributed by atoms with E-state index in [2.05, 4.69) is 4.98 Å². The number of hydrogen-bond acceptors (Lipinski definition) is 6. The fourth-order valence-corrected chi connectivity index (χ4v) is 4.44. The summed E-state index contributed by atoms with van der Waals surface area (Å²) in [4.78, 5) is 44.7. The number of imidazole rings is 1. The van der Waals surface area contributed by atoms with Gasteiger partial charge in [-0.05, 0) is 30.5 Å². The van der Waals surface area contributed by atoms with Crippen molar-refractivity contribution in [2.24, 2.45) is 14.1 Å². The Morgan fingerprint density at radius 3 is 2.74 bits per heavy atom. The molecule has 10 nitrogen and oxygen atoms in total. The number of ether oxygens (including phenoxy) is 2. The highest BCUT2D eigenvalue weighted by molar-refractivity contribution is 5.77. The highest BCUT2D eigenvalue weighted by atomic mass is 16.6. The van der Waals surface area contributed by atoms with Crippen LogP contribution >= 0.6 is 0 Å². The van der Waals surface area contributed by atoms with Crippen LogP contribution in [0.1, 0.15) is 24.4 Å². The maximum atomic E-state index is 13.2. The minimum absolute atomic E-state index is 0.136. The van der Waals surface area contributed by atoms with E-state index < -0.39 is 11.2 Å². The molecule has 1 saturated heterocycles. The van der Waals surface area contributed by atoms with Crippen LogP contribution in [-0.4, -0.2) is 49.3 Å². The van der Waals surface area contributed by atoms with Gasteiger partial charge in [0, 0.05) is 20.6 Å². The van der Waals surface area contributed by atoms with Crippen molar-refractivity contribution in [1.82, 2.24) is 23.6 Å². The van der Waals surface area contributed by atoms with Gasteiger partial charge in [-0.25, -0.2) is 14.3 Å². The first-order valence-corrected chi connectivity index (χ1v) is 10.3.